The van der Waals surface area contributed by atoms with Gasteiger partial charge in [0, 0.05) is 22.3 Å². The van der Waals surface area contributed by atoms with Gasteiger partial charge < -0.3 is 15.5 Å². The Hall–Kier alpha value is -1.65. The maximum Gasteiger partial charge on any atom is 0.131 e. The maximum atomic E-state index is 6.22. The van der Waals surface area contributed by atoms with Gasteiger partial charge in [-0.2, -0.15) is 0 Å². The molecule has 124 valence electrons. The number of halogens is 1. The topological polar surface area (TPSA) is 64.1 Å². The Kier molecular flexibility index (Phi) is 5.36. The third-order valence-electron chi connectivity index (χ3n) is 3.49. The first-order valence-corrected chi connectivity index (χ1v) is 9.68. The molecule has 0 aliphatic carbocycles. The fourth-order valence-electron chi connectivity index (χ4n) is 2.39. The quantitative estimate of drug-likeness (QED) is 0.379. The van der Waals surface area contributed by atoms with Crippen LogP contribution in [0.5, 0.6) is 0 Å². The molecule has 3 N–H and O–H groups in total. The van der Waals surface area contributed by atoms with Gasteiger partial charge in [-0.25, -0.2) is 4.98 Å². The lowest BCUT2D eigenvalue weighted by Crippen LogP contribution is -2.19. The lowest BCUT2D eigenvalue weighted by Gasteiger charge is -2.06. The molecule has 3 heterocycles. The molecule has 0 amide bonds. The van der Waals surface area contributed by atoms with E-state index in [1.807, 2.05) is 24.5 Å². The zero-order valence-corrected chi connectivity index (χ0v) is 15.4. The number of nitrogens with zero attached hydrogens (tertiary/aromatic N) is 1. The average molecular weight is 378 g/mol. The van der Waals surface area contributed by atoms with Gasteiger partial charge >= 0.3 is 0 Å². The third-order valence-corrected chi connectivity index (χ3v) is 5.90. The normalized spacial score (nSPS) is 12.2. The van der Waals surface area contributed by atoms with Crippen LogP contribution in [0, 0.1) is 12.3 Å². The molecule has 0 bridgehead atoms. The number of terminal acetylenes is 1. The van der Waals surface area contributed by atoms with Crippen LogP contribution in [0.15, 0.2) is 33.8 Å². The molecule has 3 aromatic rings. The van der Waals surface area contributed by atoms with Gasteiger partial charge in [0.1, 0.15) is 10.9 Å². The molecule has 0 spiro atoms. The van der Waals surface area contributed by atoms with E-state index in [2.05, 4.69) is 16.2 Å². The van der Waals surface area contributed by atoms with Gasteiger partial charge in [-0.1, -0.05) is 17.5 Å². The Labute approximate surface area is 153 Å². The van der Waals surface area contributed by atoms with Gasteiger partial charge in [-0.15, -0.1) is 29.5 Å². The summed E-state index contributed by atoms with van der Waals surface area (Å²) < 4.78 is 6.41. The van der Waals surface area contributed by atoms with Crippen molar-refractivity contribution >= 4 is 50.6 Å². The van der Waals surface area contributed by atoms with Crippen LogP contribution < -0.4 is 11.1 Å². The molecule has 0 aliphatic rings. The fourth-order valence-corrected chi connectivity index (χ4v) is 4.86. The van der Waals surface area contributed by atoms with Crippen molar-refractivity contribution in [2.45, 2.75) is 23.9 Å². The number of fused-ring (bicyclic) bond motifs is 1. The molecule has 0 aromatic carbocycles. The second-order valence-electron chi connectivity index (χ2n) is 5.14. The van der Waals surface area contributed by atoms with Crippen LogP contribution in [0.3, 0.4) is 0 Å². The number of thiophene rings is 1. The molecule has 0 fully saturated rings. The van der Waals surface area contributed by atoms with Gasteiger partial charge in [-0.3, -0.25) is 0 Å². The summed E-state index contributed by atoms with van der Waals surface area (Å²) in [5, 5.41) is 3.82. The second-order valence-corrected chi connectivity index (χ2v) is 7.45. The molecule has 0 saturated carbocycles. The number of hydrogen-bond donors (Lipinski definition) is 2. The highest BCUT2D eigenvalue weighted by Crippen LogP contribution is 2.41. The van der Waals surface area contributed by atoms with Crippen LogP contribution >= 0.6 is 34.7 Å². The highest BCUT2D eigenvalue weighted by atomic mass is 35.5. The second kappa shape index (κ2) is 7.49. The molecule has 24 heavy (non-hydrogen) atoms. The van der Waals surface area contributed by atoms with Crippen molar-refractivity contribution in [3.63, 3.8) is 0 Å². The monoisotopic (exact) mass is 377 g/mol. The molecular weight excluding hydrogens is 362 g/mol. The number of nitrogens with one attached hydrogen (secondary N) is 1. The summed E-state index contributed by atoms with van der Waals surface area (Å²) >= 11 is 9.51. The number of furan rings is 1. The van der Waals surface area contributed by atoms with Crippen molar-refractivity contribution in [3.05, 3.63) is 40.3 Å². The average Bonchev–Trinajstić information content (AvgIpc) is 3.19. The molecule has 0 aliphatic heterocycles. The van der Waals surface area contributed by atoms with Crippen LogP contribution in [-0.4, -0.2) is 17.3 Å². The molecule has 4 nitrogen and oxygen atoms in total. The van der Waals surface area contributed by atoms with Crippen molar-refractivity contribution in [2.24, 2.45) is 5.73 Å². The summed E-state index contributed by atoms with van der Waals surface area (Å²) in [5.74, 6) is 3.43. The maximum absolute atomic E-state index is 6.22. The Morgan fingerprint density at radius 3 is 3.08 bits per heavy atom. The smallest absolute Gasteiger partial charge is 0.131 e. The Morgan fingerprint density at radius 1 is 1.58 bits per heavy atom. The van der Waals surface area contributed by atoms with E-state index < -0.39 is 0 Å². The van der Waals surface area contributed by atoms with Gasteiger partial charge in [-0.05, 0) is 18.4 Å². The fraction of sp³-hybridized carbons (Fsp3) is 0.235. The number of thioether (sulfide) groups is 1. The summed E-state index contributed by atoms with van der Waals surface area (Å²) in [5.41, 5.74) is 7.75. The summed E-state index contributed by atoms with van der Waals surface area (Å²) in [4.78, 5) is 6.73. The summed E-state index contributed by atoms with van der Waals surface area (Å²) in [6.07, 6.45) is 9.73. The number of anilines is 1. The summed E-state index contributed by atoms with van der Waals surface area (Å²) in [6, 6.07) is 5.31. The van der Waals surface area contributed by atoms with E-state index in [9.17, 15) is 0 Å². The van der Waals surface area contributed by atoms with Crippen LogP contribution in [0.25, 0.3) is 10.2 Å². The summed E-state index contributed by atoms with van der Waals surface area (Å²) in [7, 11) is 0. The molecule has 0 unspecified atom stereocenters. The van der Waals surface area contributed by atoms with Crippen LogP contribution in [0.1, 0.15) is 10.6 Å². The third kappa shape index (κ3) is 3.55. The van der Waals surface area contributed by atoms with Gasteiger partial charge in [0.05, 0.1) is 34.8 Å². The Morgan fingerprint density at radius 2 is 2.42 bits per heavy atom. The largest absolute Gasteiger partial charge is 0.467 e. The van der Waals surface area contributed by atoms with Crippen molar-refractivity contribution in [2.75, 3.05) is 11.6 Å². The van der Waals surface area contributed by atoms with Gasteiger partial charge in [0.15, 0.2) is 0 Å². The van der Waals surface area contributed by atoms with E-state index in [4.69, 9.17) is 28.2 Å². The highest BCUT2D eigenvalue weighted by Gasteiger charge is 2.18. The Balaban J connectivity index is 2.01. The minimum atomic E-state index is -0.307. The molecule has 3 aromatic heterocycles. The standard InChI is InChI=1S/C17H16ClN3OS2/c1-3-10(19)7-13-17(23-2)15-16(24-13)12(8-14(18)21-15)20-9-11-5-4-6-22-11/h1,4-6,8,10H,7,9,19H2,2H3,(H,20,21)/t10-/m0/s1. The van der Waals surface area contributed by atoms with Gasteiger partial charge in [0.25, 0.3) is 0 Å². The first-order chi connectivity index (χ1) is 11.6. The zero-order valence-electron chi connectivity index (χ0n) is 13.0. The molecule has 7 heteroatoms. The van der Waals surface area contributed by atoms with Crippen LogP contribution in [0.4, 0.5) is 5.69 Å². The minimum Gasteiger partial charge on any atom is -0.467 e. The van der Waals surface area contributed by atoms with Crippen molar-refractivity contribution in [1.29, 1.82) is 0 Å². The SMILES string of the molecule is C#C[C@H](N)Cc1sc2c(NCc3ccco3)cc(Cl)nc2c1SC. The molecule has 1 atom stereocenters. The lowest BCUT2D eigenvalue weighted by molar-refractivity contribution is 0.518. The predicted octanol–water partition coefficient (Wildman–Crippen LogP) is 4.38. The van der Waals surface area contributed by atoms with E-state index >= 15 is 0 Å². The number of rotatable bonds is 6. The van der Waals surface area contributed by atoms with E-state index in [1.54, 1.807) is 29.4 Å². The van der Waals surface area contributed by atoms with E-state index in [1.165, 1.54) is 0 Å². The number of hydrogen-bond acceptors (Lipinski definition) is 6. The number of pyridine rings is 1. The highest BCUT2D eigenvalue weighted by molar-refractivity contribution is 7.99. The molecular formula is C17H16ClN3OS2. The lowest BCUT2D eigenvalue weighted by atomic mass is 10.2. The van der Waals surface area contributed by atoms with E-state index in [0.29, 0.717) is 18.1 Å². The van der Waals surface area contributed by atoms with Crippen LogP contribution in [0.2, 0.25) is 5.15 Å². The molecule has 0 radical (unpaired) electrons. The molecule has 0 saturated heterocycles. The Bertz CT molecular complexity index is 884. The molecule has 3 rings (SSSR count). The summed E-state index contributed by atoms with van der Waals surface area (Å²) in [6.45, 7) is 0.578. The van der Waals surface area contributed by atoms with Crippen molar-refractivity contribution in [1.82, 2.24) is 4.98 Å². The van der Waals surface area contributed by atoms with Crippen LogP contribution in [-0.2, 0) is 13.0 Å². The number of aromatic nitrogens is 1. The van der Waals surface area contributed by atoms with E-state index in [-0.39, 0.29) is 6.04 Å². The van der Waals surface area contributed by atoms with Crippen molar-refractivity contribution in [3.8, 4) is 12.3 Å². The first kappa shape index (κ1) is 17.2. The number of nitrogens with two attached hydrogens (primary N) is 1. The van der Waals surface area contributed by atoms with Crippen molar-refractivity contribution < 1.29 is 4.42 Å². The first-order valence-electron chi connectivity index (χ1n) is 7.26. The minimum absolute atomic E-state index is 0.307. The predicted molar refractivity (Wildman–Crippen MR) is 103 cm³/mol. The van der Waals surface area contributed by atoms with Gasteiger partial charge in [0.2, 0.25) is 0 Å². The van der Waals surface area contributed by atoms with E-state index in [0.717, 1.165) is 31.4 Å². The zero-order chi connectivity index (χ0) is 17.1.